The third kappa shape index (κ3) is 20.8. The van der Waals surface area contributed by atoms with Crippen LogP contribution in [0.3, 0.4) is 0 Å². The van der Waals surface area contributed by atoms with E-state index < -0.39 is 23.1 Å². The van der Waals surface area contributed by atoms with Crippen molar-refractivity contribution in [1.82, 2.24) is 0 Å². The van der Waals surface area contributed by atoms with Crippen LogP contribution < -0.4 is 13.6 Å². The summed E-state index contributed by atoms with van der Waals surface area (Å²) < 4.78 is 29.6. The van der Waals surface area contributed by atoms with Gasteiger partial charge in [0.25, 0.3) is 0 Å². The van der Waals surface area contributed by atoms with E-state index in [1.807, 2.05) is 18.2 Å². The van der Waals surface area contributed by atoms with Gasteiger partial charge in [-0.1, -0.05) is 54.6 Å². The van der Waals surface area contributed by atoms with Crippen LogP contribution in [0.1, 0.15) is 0 Å². The van der Waals surface area contributed by atoms with Crippen LogP contribution in [0, 0.1) is 87.3 Å². The first-order chi connectivity index (χ1) is 16.4. The van der Waals surface area contributed by atoms with E-state index in [1.54, 1.807) is 72.8 Å². The van der Waals surface area contributed by atoms with Crippen LogP contribution in [0.15, 0.2) is 91.0 Å². The number of hydrogen-bond acceptors (Lipinski definition) is 13. The molecule has 0 atom stereocenters. The van der Waals surface area contributed by atoms with Crippen LogP contribution >= 0.6 is 7.82 Å². The second kappa shape index (κ2) is 19.5. The molecular formula is C18H15N3O13PPr. The summed E-state index contributed by atoms with van der Waals surface area (Å²) in [5.41, 5.74) is 0. The average molecular weight is 653 g/mol. The molecule has 0 N–H and O–H groups in total. The number of phosphoric acid groups is 1. The van der Waals surface area contributed by atoms with E-state index in [0.29, 0.717) is 17.2 Å². The van der Waals surface area contributed by atoms with E-state index >= 15 is 0 Å². The van der Waals surface area contributed by atoms with Crippen molar-refractivity contribution in [3.63, 3.8) is 0 Å². The minimum atomic E-state index is -3.89. The molecule has 0 aliphatic heterocycles. The Kier molecular flexibility index (Phi) is 18.7. The SMILES string of the molecule is O=P(Oc1ccccc1)(Oc1ccccc1)Oc1ccccc1.O=[N+]([O-])[O-].O=[N+]([O-])[O-].O=[N+]([O-])[O-].[Pr+3]. The Morgan fingerprint density at radius 3 is 0.806 bits per heavy atom. The van der Waals surface area contributed by atoms with Crippen molar-refractivity contribution < 1.29 is 74.7 Å². The van der Waals surface area contributed by atoms with Gasteiger partial charge in [0.1, 0.15) is 17.2 Å². The number of para-hydroxylation sites is 3. The molecule has 0 radical (unpaired) electrons. The zero-order chi connectivity index (χ0) is 26.7. The predicted octanol–water partition coefficient (Wildman–Crippen LogP) is 4.61. The zero-order valence-corrected chi connectivity index (χ0v) is 22.4. The van der Waals surface area contributed by atoms with Crippen molar-refractivity contribution in [3.8, 4) is 17.2 Å². The number of phosphoric ester groups is 1. The van der Waals surface area contributed by atoms with Gasteiger partial charge in [0.05, 0.1) is 15.3 Å². The van der Waals surface area contributed by atoms with E-state index in [2.05, 4.69) is 0 Å². The summed E-state index contributed by atoms with van der Waals surface area (Å²) in [5, 5.41) is 44.2. The first kappa shape index (κ1) is 34.4. The van der Waals surface area contributed by atoms with Gasteiger partial charge in [-0.3, -0.25) is 0 Å². The molecule has 16 nitrogen and oxygen atoms in total. The van der Waals surface area contributed by atoms with Crippen molar-refractivity contribution in [2.75, 3.05) is 0 Å². The van der Waals surface area contributed by atoms with Gasteiger partial charge in [-0.25, -0.2) is 0 Å². The van der Waals surface area contributed by atoms with Crippen LogP contribution in [0.4, 0.5) is 0 Å². The maximum atomic E-state index is 13.1. The fourth-order valence-corrected chi connectivity index (χ4v) is 3.14. The van der Waals surface area contributed by atoms with Gasteiger partial charge in [0.15, 0.2) is 0 Å². The third-order valence-corrected chi connectivity index (χ3v) is 4.18. The largest absolute Gasteiger partial charge is 3.00 e. The van der Waals surface area contributed by atoms with Crippen molar-refractivity contribution in [3.05, 3.63) is 137 Å². The second-order valence-electron chi connectivity index (χ2n) is 5.33. The van der Waals surface area contributed by atoms with Crippen LogP contribution in [0.5, 0.6) is 17.2 Å². The molecule has 3 aromatic carbocycles. The molecule has 0 aromatic heterocycles. The Labute approximate surface area is 235 Å². The first-order valence-corrected chi connectivity index (χ1v) is 10.2. The molecule has 188 valence electrons. The summed E-state index contributed by atoms with van der Waals surface area (Å²) in [6, 6.07) is 26.4. The molecule has 36 heavy (non-hydrogen) atoms. The smallest absolute Gasteiger partial charge is 0.386 e. The molecule has 0 amide bonds. The van der Waals surface area contributed by atoms with Gasteiger partial charge in [-0.05, 0) is 36.4 Å². The summed E-state index contributed by atoms with van der Waals surface area (Å²) in [6.45, 7) is 0. The molecule has 0 unspecified atom stereocenters. The number of rotatable bonds is 6. The summed E-state index contributed by atoms with van der Waals surface area (Å²) in [6.07, 6.45) is 0. The maximum Gasteiger partial charge on any atom is 3.00 e. The number of benzene rings is 3. The van der Waals surface area contributed by atoms with Crippen molar-refractivity contribution in [2.45, 2.75) is 0 Å². The second-order valence-corrected chi connectivity index (χ2v) is 6.77. The van der Waals surface area contributed by atoms with Crippen molar-refractivity contribution in [2.24, 2.45) is 0 Å². The van der Waals surface area contributed by atoms with Gasteiger partial charge in [-0.15, -0.1) is 0 Å². The zero-order valence-electron chi connectivity index (χ0n) is 17.8. The molecular weight excluding hydrogens is 638 g/mol. The normalized spacial score (nSPS) is 8.89. The van der Waals surface area contributed by atoms with Gasteiger partial charge in [0.2, 0.25) is 0 Å². The predicted molar refractivity (Wildman–Crippen MR) is 120 cm³/mol. The van der Waals surface area contributed by atoms with Crippen LogP contribution in [-0.4, -0.2) is 15.3 Å². The molecule has 3 rings (SSSR count). The molecule has 0 fully saturated rings. The number of hydrogen-bond donors (Lipinski definition) is 0. The monoisotopic (exact) mass is 653 g/mol. The maximum absolute atomic E-state index is 13.1. The summed E-state index contributed by atoms with van der Waals surface area (Å²) in [7, 11) is -3.89. The summed E-state index contributed by atoms with van der Waals surface area (Å²) in [5.74, 6) is 1.22. The standard InChI is InChI=1S/C18H15O4P.3NO3.Pr/c19-23(20-16-10-4-1-5-11-16,21-17-12-6-2-7-13-17)22-18-14-8-3-9-15-18;3*2-1(3)4;/h1-15H;;;;/q;3*-1;+3. The van der Waals surface area contributed by atoms with Crippen LogP contribution in [0.25, 0.3) is 0 Å². The van der Waals surface area contributed by atoms with Gasteiger partial charge < -0.3 is 59.5 Å². The van der Waals surface area contributed by atoms with E-state index in [-0.39, 0.29) is 41.3 Å². The molecule has 3 aromatic rings. The molecule has 0 spiro atoms. The Balaban J connectivity index is 0. The van der Waals surface area contributed by atoms with Gasteiger partial charge >= 0.3 is 49.1 Å². The molecule has 0 heterocycles. The summed E-state index contributed by atoms with van der Waals surface area (Å²) >= 11 is 0. The van der Waals surface area contributed by atoms with Gasteiger partial charge in [0, 0.05) is 0 Å². The minimum Gasteiger partial charge on any atom is -0.386 e. The van der Waals surface area contributed by atoms with E-state index in [4.69, 9.17) is 59.5 Å². The third-order valence-electron chi connectivity index (χ3n) is 2.88. The molecule has 18 heteroatoms. The van der Waals surface area contributed by atoms with Crippen LogP contribution in [0.2, 0.25) is 0 Å². The van der Waals surface area contributed by atoms with Crippen LogP contribution in [-0.2, 0) is 4.57 Å². The summed E-state index contributed by atoms with van der Waals surface area (Å²) in [4.78, 5) is 24.8. The van der Waals surface area contributed by atoms with Crippen molar-refractivity contribution >= 4 is 7.82 Å². The number of nitrogens with zero attached hydrogens (tertiary/aromatic N) is 3. The van der Waals surface area contributed by atoms with E-state index in [9.17, 15) is 4.57 Å². The van der Waals surface area contributed by atoms with E-state index in [0.717, 1.165) is 0 Å². The topological polar surface area (TPSA) is 243 Å². The average Bonchev–Trinajstić information content (AvgIpc) is 2.74. The molecule has 0 saturated carbocycles. The van der Waals surface area contributed by atoms with E-state index in [1.165, 1.54) is 0 Å². The molecule has 0 aliphatic carbocycles. The fourth-order valence-electron chi connectivity index (χ4n) is 1.89. The Bertz CT molecular complexity index is 931. The fraction of sp³-hybridized carbons (Fsp3) is 0. The Hall–Kier alpha value is -3.75. The van der Waals surface area contributed by atoms with Gasteiger partial charge in [-0.2, -0.15) is 4.57 Å². The molecule has 0 aliphatic rings. The quantitative estimate of drug-likeness (QED) is 0.201. The Morgan fingerprint density at radius 2 is 0.639 bits per heavy atom. The molecule has 0 bridgehead atoms. The first-order valence-electron chi connectivity index (χ1n) is 8.72. The minimum absolute atomic E-state index is 0. The van der Waals surface area contributed by atoms with Crippen molar-refractivity contribution in [1.29, 1.82) is 0 Å². The Morgan fingerprint density at radius 1 is 0.472 bits per heavy atom. The molecule has 0 saturated heterocycles.